The van der Waals surface area contributed by atoms with Gasteiger partial charge in [-0.2, -0.15) is 13.2 Å². The number of alkyl halides is 3. The summed E-state index contributed by atoms with van der Waals surface area (Å²) >= 11 is 0. The molecule has 0 aromatic rings. The minimum absolute atomic E-state index is 0.184. The van der Waals surface area contributed by atoms with E-state index in [1.807, 2.05) is 0 Å². The third-order valence-electron chi connectivity index (χ3n) is 2.47. The summed E-state index contributed by atoms with van der Waals surface area (Å²) in [6.45, 7) is 0.184. The van der Waals surface area contributed by atoms with Gasteiger partial charge in [0.1, 0.15) is 5.78 Å². The van der Waals surface area contributed by atoms with E-state index >= 15 is 0 Å². The van der Waals surface area contributed by atoms with Crippen molar-refractivity contribution in [2.75, 3.05) is 6.54 Å². The third-order valence-corrected chi connectivity index (χ3v) is 2.47. The van der Waals surface area contributed by atoms with Crippen LogP contribution in [0.5, 0.6) is 0 Å². The molecule has 0 aromatic carbocycles. The van der Waals surface area contributed by atoms with E-state index in [1.165, 1.54) is 0 Å². The fraction of sp³-hybridized carbons (Fsp3) is 0.875. The molecule has 0 radical (unpaired) electrons. The maximum atomic E-state index is 11.7. The summed E-state index contributed by atoms with van der Waals surface area (Å²) in [4.78, 5) is 11.2. The van der Waals surface area contributed by atoms with Crippen molar-refractivity contribution in [1.82, 2.24) is 0 Å². The van der Waals surface area contributed by atoms with E-state index in [-0.39, 0.29) is 12.3 Å². The minimum Gasteiger partial charge on any atom is -0.329 e. The van der Waals surface area contributed by atoms with Gasteiger partial charge in [0.15, 0.2) is 0 Å². The van der Waals surface area contributed by atoms with Gasteiger partial charge in [-0.25, -0.2) is 0 Å². The minimum atomic E-state index is -4.24. The van der Waals surface area contributed by atoms with Gasteiger partial charge in [-0.1, -0.05) is 0 Å². The van der Waals surface area contributed by atoms with Crippen LogP contribution in [-0.4, -0.2) is 18.5 Å². The molecule has 1 aliphatic rings. The molecule has 13 heavy (non-hydrogen) atoms. The standard InChI is InChI=1S/C8H12F3NO/c9-8(10,11)2-1-6(13)7(5-12)3-4-7/h1-5,12H2. The SMILES string of the molecule is NCC1(C(=O)CCC(F)(F)F)CC1. The van der Waals surface area contributed by atoms with E-state index in [0.29, 0.717) is 12.8 Å². The first-order valence-corrected chi connectivity index (χ1v) is 4.20. The smallest absolute Gasteiger partial charge is 0.329 e. The Morgan fingerprint density at radius 2 is 1.92 bits per heavy atom. The zero-order valence-corrected chi connectivity index (χ0v) is 7.16. The zero-order valence-electron chi connectivity index (χ0n) is 7.16. The number of Topliss-reactive ketones (excluding diaryl/α,β-unsaturated/α-hetero) is 1. The molecular formula is C8H12F3NO. The Kier molecular flexibility index (Phi) is 2.66. The summed E-state index contributed by atoms with van der Waals surface area (Å²) in [5.74, 6) is -0.327. The van der Waals surface area contributed by atoms with E-state index in [2.05, 4.69) is 0 Å². The number of carbonyl (C=O) groups is 1. The van der Waals surface area contributed by atoms with Crippen LogP contribution in [0.4, 0.5) is 13.2 Å². The number of carbonyl (C=O) groups excluding carboxylic acids is 1. The summed E-state index contributed by atoms with van der Waals surface area (Å²) in [7, 11) is 0. The van der Waals surface area contributed by atoms with Crippen LogP contribution >= 0.6 is 0 Å². The van der Waals surface area contributed by atoms with Crippen molar-refractivity contribution in [1.29, 1.82) is 0 Å². The number of hydrogen-bond acceptors (Lipinski definition) is 2. The first kappa shape index (κ1) is 10.5. The largest absolute Gasteiger partial charge is 0.389 e. The highest BCUT2D eigenvalue weighted by atomic mass is 19.4. The van der Waals surface area contributed by atoms with Crippen LogP contribution in [0.15, 0.2) is 0 Å². The van der Waals surface area contributed by atoms with Crippen LogP contribution in [0.25, 0.3) is 0 Å². The van der Waals surface area contributed by atoms with E-state index in [9.17, 15) is 18.0 Å². The molecule has 0 amide bonds. The van der Waals surface area contributed by atoms with Crippen molar-refractivity contribution in [3.8, 4) is 0 Å². The van der Waals surface area contributed by atoms with E-state index in [0.717, 1.165) is 0 Å². The monoisotopic (exact) mass is 195 g/mol. The summed E-state index contributed by atoms with van der Waals surface area (Å²) < 4.78 is 35.2. The van der Waals surface area contributed by atoms with Crippen LogP contribution in [0.1, 0.15) is 25.7 Å². The van der Waals surface area contributed by atoms with Crippen molar-refractivity contribution >= 4 is 5.78 Å². The number of nitrogens with two attached hydrogens (primary N) is 1. The van der Waals surface area contributed by atoms with Crippen LogP contribution in [0.2, 0.25) is 0 Å². The second kappa shape index (κ2) is 3.29. The van der Waals surface area contributed by atoms with Gasteiger partial charge in [0.2, 0.25) is 0 Å². The summed E-state index contributed by atoms with van der Waals surface area (Å²) in [5, 5.41) is 0. The third kappa shape index (κ3) is 2.69. The number of hydrogen-bond donors (Lipinski definition) is 1. The van der Waals surface area contributed by atoms with Crippen molar-refractivity contribution in [2.45, 2.75) is 31.9 Å². The lowest BCUT2D eigenvalue weighted by molar-refractivity contribution is -0.145. The molecule has 1 saturated carbocycles. The van der Waals surface area contributed by atoms with Crippen LogP contribution in [-0.2, 0) is 4.79 Å². The lowest BCUT2D eigenvalue weighted by atomic mass is 9.97. The predicted molar refractivity (Wildman–Crippen MR) is 41.0 cm³/mol. The Balaban J connectivity index is 2.34. The number of halogens is 3. The van der Waals surface area contributed by atoms with Crippen molar-refractivity contribution in [3.63, 3.8) is 0 Å². The van der Waals surface area contributed by atoms with Crippen molar-refractivity contribution in [3.05, 3.63) is 0 Å². The fourth-order valence-corrected chi connectivity index (χ4v) is 1.27. The Bertz CT molecular complexity index is 208. The fourth-order valence-electron chi connectivity index (χ4n) is 1.27. The Labute approximate surface area is 74.3 Å². The Hall–Kier alpha value is -0.580. The Morgan fingerprint density at radius 3 is 2.23 bits per heavy atom. The normalized spacial score (nSPS) is 20.0. The quantitative estimate of drug-likeness (QED) is 0.740. The molecule has 0 atom stereocenters. The molecule has 2 N–H and O–H groups in total. The average Bonchev–Trinajstić information content (AvgIpc) is 2.79. The molecule has 1 rings (SSSR count). The molecule has 0 aromatic heterocycles. The lowest BCUT2D eigenvalue weighted by Gasteiger charge is -2.11. The second-order valence-electron chi connectivity index (χ2n) is 3.52. The van der Waals surface area contributed by atoms with E-state index in [1.54, 1.807) is 0 Å². The molecular weight excluding hydrogens is 183 g/mol. The van der Waals surface area contributed by atoms with Gasteiger partial charge in [-0.15, -0.1) is 0 Å². The molecule has 1 aliphatic carbocycles. The van der Waals surface area contributed by atoms with Crippen LogP contribution in [0.3, 0.4) is 0 Å². The molecule has 0 bridgehead atoms. The summed E-state index contributed by atoms with van der Waals surface area (Å²) in [6, 6.07) is 0. The lowest BCUT2D eigenvalue weighted by Crippen LogP contribution is -2.26. The van der Waals surface area contributed by atoms with Gasteiger partial charge >= 0.3 is 6.18 Å². The summed E-state index contributed by atoms with van der Waals surface area (Å²) in [5.41, 5.74) is 4.71. The van der Waals surface area contributed by atoms with Gasteiger partial charge in [0.25, 0.3) is 0 Å². The highest BCUT2D eigenvalue weighted by Crippen LogP contribution is 2.46. The predicted octanol–water partition coefficient (Wildman–Crippen LogP) is 1.64. The highest BCUT2D eigenvalue weighted by Gasteiger charge is 2.48. The number of ketones is 1. The molecule has 0 unspecified atom stereocenters. The second-order valence-corrected chi connectivity index (χ2v) is 3.52. The highest BCUT2D eigenvalue weighted by molar-refractivity contribution is 5.87. The van der Waals surface area contributed by atoms with Gasteiger partial charge in [0, 0.05) is 18.4 Å². The van der Waals surface area contributed by atoms with Crippen molar-refractivity contribution in [2.24, 2.45) is 11.1 Å². The summed E-state index contributed by atoms with van der Waals surface area (Å²) in [6.07, 6.45) is -4.37. The first-order chi connectivity index (χ1) is 5.90. The maximum Gasteiger partial charge on any atom is 0.389 e. The number of rotatable bonds is 4. The molecule has 76 valence electrons. The molecule has 5 heteroatoms. The van der Waals surface area contributed by atoms with Crippen LogP contribution < -0.4 is 5.73 Å². The van der Waals surface area contributed by atoms with Gasteiger partial charge in [-0.3, -0.25) is 4.79 Å². The van der Waals surface area contributed by atoms with Crippen molar-refractivity contribution < 1.29 is 18.0 Å². The van der Waals surface area contributed by atoms with Gasteiger partial charge < -0.3 is 5.73 Å². The van der Waals surface area contributed by atoms with Gasteiger partial charge in [0.05, 0.1) is 6.42 Å². The zero-order chi connectivity index (χ0) is 10.1. The van der Waals surface area contributed by atoms with Crippen LogP contribution in [0, 0.1) is 5.41 Å². The molecule has 0 saturated heterocycles. The van der Waals surface area contributed by atoms with E-state index < -0.39 is 24.4 Å². The van der Waals surface area contributed by atoms with E-state index in [4.69, 9.17) is 5.73 Å². The molecule has 0 heterocycles. The molecule has 1 fully saturated rings. The molecule has 0 aliphatic heterocycles. The topological polar surface area (TPSA) is 43.1 Å². The average molecular weight is 195 g/mol. The molecule has 2 nitrogen and oxygen atoms in total. The maximum absolute atomic E-state index is 11.7. The Morgan fingerprint density at radius 1 is 1.38 bits per heavy atom. The molecule has 0 spiro atoms. The van der Waals surface area contributed by atoms with Gasteiger partial charge in [-0.05, 0) is 12.8 Å². The first-order valence-electron chi connectivity index (χ1n) is 4.20.